The van der Waals surface area contributed by atoms with Crippen LogP contribution in [0.3, 0.4) is 0 Å². The maximum absolute atomic E-state index is 7.43. The molecule has 0 spiro atoms. The van der Waals surface area contributed by atoms with Crippen molar-refractivity contribution in [2.45, 2.75) is 0 Å². The standard InChI is InChI=1S/C62H37BN4OS/c1-4-16-38(17-5-1)39-30-32-55-48(34-39)60-62(68-55)63-49-25-15-28-52-61(49)67(51-27-14-24-46-44-22-10-12-26-50(44)66(52)59(46)51)54-37-43(64(40-18-6-2-7-19-40)41-20-8-3-9-21-41)36-53(58(54)63)65(60)42-31-33-57-47(35-42)45-23-11-13-29-56(45)69-57/h1-37H. The van der Waals surface area contributed by atoms with Gasteiger partial charge in [0.1, 0.15) is 5.58 Å². The second-order valence-corrected chi connectivity index (χ2v) is 19.5. The molecule has 69 heavy (non-hydrogen) atoms. The Morgan fingerprint density at radius 2 is 1.09 bits per heavy atom. The van der Waals surface area contributed by atoms with Crippen molar-refractivity contribution in [1.29, 1.82) is 0 Å². The van der Waals surface area contributed by atoms with Crippen LogP contribution >= 0.6 is 11.3 Å². The largest absolute Gasteiger partial charge is 0.468 e. The maximum Gasteiger partial charge on any atom is 0.297 e. The minimum atomic E-state index is -0.218. The molecule has 7 heteroatoms. The van der Waals surface area contributed by atoms with Gasteiger partial charge in [-0.15, -0.1) is 11.3 Å². The van der Waals surface area contributed by atoms with Crippen LogP contribution in [0.1, 0.15) is 0 Å². The second-order valence-electron chi connectivity index (χ2n) is 18.4. The quantitative estimate of drug-likeness (QED) is 0.161. The van der Waals surface area contributed by atoms with Crippen molar-refractivity contribution < 1.29 is 4.42 Å². The number of benzene rings is 10. The summed E-state index contributed by atoms with van der Waals surface area (Å²) in [7, 11) is 0. The monoisotopic (exact) mass is 896 g/mol. The molecule has 0 unspecified atom stereocenters. The average Bonchev–Trinajstić information content (AvgIpc) is 4.09. The average molecular weight is 897 g/mol. The van der Waals surface area contributed by atoms with E-state index in [1.807, 2.05) is 11.3 Å². The van der Waals surface area contributed by atoms with Gasteiger partial charge in [0.05, 0.1) is 45.1 Å². The van der Waals surface area contributed by atoms with Crippen LogP contribution in [0.2, 0.25) is 0 Å². The summed E-state index contributed by atoms with van der Waals surface area (Å²) in [5, 5.41) is 6.09. The van der Waals surface area contributed by atoms with Crippen molar-refractivity contribution in [2.24, 2.45) is 0 Å². The Bertz CT molecular complexity index is 4250. The molecule has 6 heterocycles. The Morgan fingerprint density at radius 1 is 0.420 bits per heavy atom. The van der Waals surface area contributed by atoms with Gasteiger partial charge >= 0.3 is 0 Å². The van der Waals surface area contributed by atoms with E-state index in [4.69, 9.17) is 4.42 Å². The van der Waals surface area contributed by atoms with Crippen LogP contribution < -0.4 is 31.3 Å². The van der Waals surface area contributed by atoms with Crippen LogP contribution in [0.4, 0.5) is 51.2 Å². The number of nitrogens with zero attached hydrogens (tertiary/aromatic N) is 4. The minimum absolute atomic E-state index is 0.218. The van der Waals surface area contributed by atoms with Gasteiger partial charge < -0.3 is 23.7 Å². The van der Waals surface area contributed by atoms with Gasteiger partial charge in [-0.1, -0.05) is 133 Å². The first-order valence-corrected chi connectivity index (χ1v) is 24.4. The fourth-order valence-electron chi connectivity index (χ4n) is 12.0. The van der Waals surface area contributed by atoms with Crippen molar-refractivity contribution >= 4 is 139 Å². The molecule has 0 fully saturated rings. The predicted molar refractivity (Wildman–Crippen MR) is 291 cm³/mol. The van der Waals surface area contributed by atoms with Gasteiger partial charge in [0.15, 0.2) is 0 Å². The fourth-order valence-corrected chi connectivity index (χ4v) is 13.1. The number of rotatable bonds is 5. The molecular formula is C62H37BN4OS. The molecule has 0 radical (unpaired) electrons. The first-order chi connectivity index (χ1) is 34.2. The summed E-state index contributed by atoms with van der Waals surface area (Å²) in [6.45, 7) is -0.218. The molecule has 320 valence electrons. The van der Waals surface area contributed by atoms with Gasteiger partial charge in [-0.3, -0.25) is 0 Å². The smallest absolute Gasteiger partial charge is 0.297 e. The van der Waals surface area contributed by atoms with E-state index in [-0.39, 0.29) is 6.71 Å². The van der Waals surface area contributed by atoms with E-state index in [2.05, 4.69) is 244 Å². The van der Waals surface area contributed by atoms with Gasteiger partial charge in [-0.2, -0.15) is 0 Å². The van der Waals surface area contributed by atoms with Crippen molar-refractivity contribution in [3.63, 3.8) is 0 Å². The Hall–Kier alpha value is -8.78. The highest BCUT2D eigenvalue weighted by atomic mass is 32.1. The lowest BCUT2D eigenvalue weighted by Crippen LogP contribution is -2.61. The molecule has 0 atom stereocenters. The number of aromatic nitrogens is 1. The first kappa shape index (κ1) is 37.3. The van der Waals surface area contributed by atoms with E-state index in [0.29, 0.717) is 0 Å². The lowest BCUT2D eigenvalue weighted by atomic mass is 9.35. The molecular weight excluding hydrogens is 860 g/mol. The second kappa shape index (κ2) is 13.9. The number of hydrogen-bond donors (Lipinski definition) is 0. The van der Waals surface area contributed by atoms with Crippen LogP contribution in [0.15, 0.2) is 229 Å². The third kappa shape index (κ3) is 5.09. The van der Waals surface area contributed by atoms with E-state index in [1.165, 1.54) is 69.8 Å². The zero-order chi connectivity index (χ0) is 44.9. The lowest BCUT2D eigenvalue weighted by molar-refractivity contribution is 0.651. The Kier molecular flexibility index (Phi) is 7.52. The summed E-state index contributed by atoms with van der Waals surface area (Å²) >= 11 is 1.85. The van der Waals surface area contributed by atoms with Gasteiger partial charge in [0.25, 0.3) is 6.71 Å². The third-order valence-corrected chi connectivity index (χ3v) is 16.0. The van der Waals surface area contributed by atoms with Gasteiger partial charge in [-0.05, 0) is 113 Å². The third-order valence-electron chi connectivity index (χ3n) is 14.8. The molecule has 5 nitrogen and oxygen atoms in total. The van der Waals surface area contributed by atoms with Crippen molar-refractivity contribution in [1.82, 2.24) is 4.57 Å². The number of anilines is 9. The zero-order valence-corrected chi connectivity index (χ0v) is 37.9. The summed E-state index contributed by atoms with van der Waals surface area (Å²) in [5.41, 5.74) is 20.2. The topological polar surface area (TPSA) is 27.8 Å². The van der Waals surface area contributed by atoms with Gasteiger partial charge in [0, 0.05) is 64.8 Å². The first-order valence-electron chi connectivity index (χ1n) is 23.6. The number of furan rings is 1. The number of hydrogen-bond acceptors (Lipinski definition) is 5. The fraction of sp³-hybridized carbons (Fsp3) is 0. The highest BCUT2D eigenvalue weighted by Crippen LogP contribution is 2.55. The molecule has 0 bridgehead atoms. The molecule has 3 aliphatic rings. The molecule has 0 saturated carbocycles. The lowest BCUT2D eigenvalue weighted by Gasteiger charge is -2.45. The van der Waals surface area contributed by atoms with Gasteiger partial charge in [0.2, 0.25) is 0 Å². The minimum Gasteiger partial charge on any atom is -0.468 e. The zero-order valence-electron chi connectivity index (χ0n) is 37.0. The molecule has 3 aromatic heterocycles. The van der Waals surface area contributed by atoms with E-state index in [0.717, 1.165) is 67.7 Å². The molecule has 10 aromatic carbocycles. The van der Waals surface area contributed by atoms with E-state index in [9.17, 15) is 0 Å². The van der Waals surface area contributed by atoms with Crippen LogP contribution in [-0.2, 0) is 0 Å². The molecule has 0 N–H and O–H groups in total. The van der Waals surface area contributed by atoms with Crippen molar-refractivity contribution in [2.75, 3.05) is 14.7 Å². The Balaban J connectivity index is 1.07. The highest BCUT2D eigenvalue weighted by Gasteiger charge is 2.49. The Morgan fingerprint density at radius 3 is 1.90 bits per heavy atom. The summed E-state index contributed by atoms with van der Waals surface area (Å²) in [6.07, 6.45) is 0. The number of para-hydroxylation sites is 5. The Labute approximate surface area is 401 Å². The molecule has 0 amide bonds. The summed E-state index contributed by atoms with van der Waals surface area (Å²) in [5.74, 6) is 0. The van der Waals surface area contributed by atoms with Crippen LogP contribution in [0, 0.1) is 0 Å². The van der Waals surface area contributed by atoms with E-state index >= 15 is 0 Å². The van der Waals surface area contributed by atoms with E-state index in [1.54, 1.807) is 0 Å². The van der Waals surface area contributed by atoms with Crippen LogP contribution in [0.5, 0.6) is 0 Å². The van der Waals surface area contributed by atoms with E-state index < -0.39 is 0 Å². The number of thiophene rings is 1. The van der Waals surface area contributed by atoms with Crippen LogP contribution in [-0.4, -0.2) is 11.3 Å². The molecule has 16 rings (SSSR count). The summed E-state index contributed by atoms with van der Waals surface area (Å²) in [4.78, 5) is 7.53. The highest BCUT2D eigenvalue weighted by molar-refractivity contribution is 7.25. The van der Waals surface area contributed by atoms with Gasteiger partial charge in [-0.25, -0.2) is 0 Å². The molecule has 13 aromatic rings. The maximum atomic E-state index is 7.43. The number of fused-ring (bicyclic) bond motifs is 14. The normalized spacial score (nSPS) is 13.1. The SMILES string of the molecule is c1ccc(-c2ccc3oc4c(c3c2)N(c2ccc3sc5ccccc5c3c2)c2cc(N(c3ccccc3)c3ccccc3)cc3c2B4c2cccc4c2N3c2cccc3c5ccccc5n-4c23)cc1. The van der Waals surface area contributed by atoms with Crippen LogP contribution in [0.25, 0.3) is 69.8 Å². The predicted octanol–water partition coefficient (Wildman–Crippen LogP) is 15.4. The van der Waals surface area contributed by atoms with Crippen molar-refractivity contribution in [3.8, 4) is 16.8 Å². The summed E-state index contributed by atoms with van der Waals surface area (Å²) < 4.78 is 12.5. The molecule has 0 aliphatic carbocycles. The molecule has 3 aliphatic heterocycles. The summed E-state index contributed by atoms with van der Waals surface area (Å²) in [6, 6.07) is 82.4. The molecule has 0 saturated heterocycles. The van der Waals surface area contributed by atoms with Crippen molar-refractivity contribution in [3.05, 3.63) is 224 Å².